The number of aromatic nitrogens is 2. The highest BCUT2D eigenvalue weighted by Gasteiger charge is 2.38. The molecule has 1 aliphatic rings. The predicted molar refractivity (Wildman–Crippen MR) is 131 cm³/mol. The molecule has 0 aromatic carbocycles. The van der Waals surface area contributed by atoms with E-state index in [1.165, 1.54) is 17.4 Å². The molecule has 0 radical (unpaired) electrons. The van der Waals surface area contributed by atoms with Crippen molar-refractivity contribution in [3.63, 3.8) is 0 Å². The predicted octanol–water partition coefficient (Wildman–Crippen LogP) is -1.97. The second-order valence-corrected chi connectivity index (χ2v) is 9.15. The van der Waals surface area contributed by atoms with Crippen LogP contribution in [0.25, 0.3) is 0 Å². The highest BCUT2D eigenvalue weighted by molar-refractivity contribution is 5.94. The van der Waals surface area contributed by atoms with Gasteiger partial charge in [0.05, 0.1) is 12.4 Å². The molecule has 1 aromatic rings. The van der Waals surface area contributed by atoms with Gasteiger partial charge in [-0.05, 0) is 31.6 Å². The van der Waals surface area contributed by atoms with E-state index in [1.54, 1.807) is 0 Å². The highest BCUT2D eigenvalue weighted by Crippen LogP contribution is 2.20. The van der Waals surface area contributed by atoms with Crippen molar-refractivity contribution in [1.29, 1.82) is 0 Å². The Morgan fingerprint density at radius 1 is 1.25 bits per heavy atom. The average molecular weight is 508 g/mol. The van der Waals surface area contributed by atoms with E-state index >= 15 is 0 Å². The van der Waals surface area contributed by atoms with Gasteiger partial charge in [0.15, 0.2) is 5.96 Å². The van der Waals surface area contributed by atoms with Crippen molar-refractivity contribution in [2.24, 2.45) is 28.1 Å². The van der Waals surface area contributed by atoms with Gasteiger partial charge in [-0.3, -0.25) is 19.4 Å². The van der Waals surface area contributed by atoms with Crippen molar-refractivity contribution in [1.82, 2.24) is 25.5 Å². The maximum Gasteiger partial charge on any atom is 0.326 e. The van der Waals surface area contributed by atoms with Crippen molar-refractivity contribution < 1.29 is 24.3 Å². The van der Waals surface area contributed by atoms with Gasteiger partial charge in [-0.2, -0.15) is 0 Å². The molecule has 0 bridgehead atoms. The van der Waals surface area contributed by atoms with E-state index in [0.717, 1.165) is 0 Å². The second kappa shape index (κ2) is 13.4. The summed E-state index contributed by atoms with van der Waals surface area (Å²) in [5, 5.41) is 14.8. The molecule has 1 saturated heterocycles. The van der Waals surface area contributed by atoms with Crippen LogP contribution in [0, 0.1) is 5.92 Å². The molecule has 0 saturated carbocycles. The van der Waals surface area contributed by atoms with E-state index in [1.807, 2.05) is 13.8 Å². The van der Waals surface area contributed by atoms with Gasteiger partial charge >= 0.3 is 5.97 Å². The number of amides is 3. The first-order valence-electron chi connectivity index (χ1n) is 11.9. The van der Waals surface area contributed by atoms with Gasteiger partial charge in [0.1, 0.15) is 18.1 Å². The molecule has 4 atom stereocenters. The number of carboxylic acids is 1. The van der Waals surface area contributed by atoms with Crippen LogP contribution in [0.5, 0.6) is 0 Å². The Hall–Kier alpha value is -3.68. The maximum atomic E-state index is 13.2. The lowest BCUT2D eigenvalue weighted by molar-refractivity contribution is -0.143. The fraction of sp³-hybridized carbons (Fsp3) is 0.636. The largest absolute Gasteiger partial charge is 0.480 e. The third kappa shape index (κ3) is 8.22. The van der Waals surface area contributed by atoms with Crippen molar-refractivity contribution in [3.8, 4) is 0 Å². The number of carbonyl (C=O) groups excluding carboxylic acids is 3. The van der Waals surface area contributed by atoms with E-state index < -0.39 is 42.0 Å². The Morgan fingerprint density at radius 3 is 2.56 bits per heavy atom. The number of aromatic amines is 1. The van der Waals surface area contributed by atoms with Crippen LogP contribution in [0.1, 0.15) is 45.2 Å². The van der Waals surface area contributed by atoms with Crippen LogP contribution in [0.3, 0.4) is 0 Å². The molecule has 2 heterocycles. The summed E-state index contributed by atoms with van der Waals surface area (Å²) >= 11 is 0. The topological polar surface area (TPSA) is 235 Å². The Balaban J connectivity index is 2.13. The zero-order valence-corrected chi connectivity index (χ0v) is 20.6. The first-order chi connectivity index (χ1) is 17.0. The number of imidazole rings is 1. The van der Waals surface area contributed by atoms with Crippen molar-refractivity contribution in [2.75, 3.05) is 13.1 Å². The molecule has 3 amide bonds. The summed E-state index contributed by atoms with van der Waals surface area (Å²) in [7, 11) is 0. The standard InChI is InChI=1S/C22H37N9O5/c1-12(2)17(23)20(34)31-8-4-6-16(31)19(33)29-14(5-3-7-27-22(24)25)18(32)30-15(21(35)36)9-13-10-26-11-28-13/h10-12,14-17H,3-9,23H2,1-2H3,(H,26,28)(H,29,33)(H,30,32)(H,35,36)(H4,24,25,27). The third-order valence-electron chi connectivity index (χ3n) is 6.01. The Labute approximate surface area is 209 Å². The van der Waals surface area contributed by atoms with Crippen LogP contribution in [-0.4, -0.2) is 86.9 Å². The van der Waals surface area contributed by atoms with E-state index in [2.05, 4.69) is 25.6 Å². The Bertz CT molecular complexity index is 930. The number of carboxylic acid groups (broad SMARTS) is 1. The Morgan fingerprint density at radius 2 is 1.97 bits per heavy atom. The summed E-state index contributed by atoms with van der Waals surface area (Å²) in [6, 6.07) is -3.82. The van der Waals surface area contributed by atoms with E-state index in [-0.39, 0.29) is 37.2 Å². The monoisotopic (exact) mass is 507 g/mol. The number of H-pyrrole nitrogens is 1. The molecule has 1 aromatic heterocycles. The summed E-state index contributed by atoms with van der Waals surface area (Å²) in [6.45, 7) is 4.26. The summed E-state index contributed by atoms with van der Waals surface area (Å²) < 4.78 is 0. The molecule has 10 N–H and O–H groups in total. The molecule has 2 rings (SSSR count). The number of hydrogen-bond acceptors (Lipinski definition) is 7. The van der Waals surface area contributed by atoms with E-state index in [0.29, 0.717) is 31.5 Å². The van der Waals surface area contributed by atoms with Crippen molar-refractivity contribution >= 4 is 29.7 Å². The van der Waals surface area contributed by atoms with Crippen LogP contribution in [0.2, 0.25) is 0 Å². The second-order valence-electron chi connectivity index (χ2n) is 9.15. The molecule has 0 spiro atoms. The van der Waals surface area contributed by atoms with Gasteiger partial charge in [0.25, 0.3) is 0 Å². The van der Waals surface area contributed by atoms with Crippen LogP contribution in [0.15, 0.2) is 17.5 Å². The number of hydrogen-bond donors (Lipinski definition) is 7. The molecule has 14 heteroatoms. The summed E-state index contributed by atoms with van der Waals surface area (Å²) in [4.78, 5) is 62.8. The molecular formula is C22H37N9O5. The van der Waals surface area contributed by atoms with Gasteiger partial charge < -0.3 is 42.8 Å². The minimum atomic E-state index is -1.25. The third-order valence-corrected chi connectivity index (χ3v) is 6.01. The molecule has 1 fully saturated rings. The minimum absolute atomic E-state index is 0.0201. The average Bonchev–Trinajstić information content (AvgIpc) is 3.51. The molecule has 14 nitrogen and oxygen atoms in total. The van der Waals surface area contributed by atoms with Crippen LogP contribution in [-0.2, 0) is 25.6 Å². The van der Waals surface area contributed by atoms with Gasteiger partial charge in [-0.15, -0.1) is 0 Å². The highest BCUT2D eigenvalue weighted by atomic mass is 16.4. The summed E-state index contributed by atoms with van der Waals surface area (Å²) in [5.41, 5.74) is 17.2. The molecule has 1 aliphatic heterocycles. The molecule has 36 heavy (non-hydrogen) atoms. The van der Waals surface area contributed by atoms with Gasteiger partial charge in [0, 0.05) is 31.4 Å². The zero-order valence-electron chi connectivity index (χ0n) is 20.6. The number of carbonyl (C=O) groups is 4. The van der Waals surface area contributed by atoms with E-state index in [4.69, 9.17) is 17.2 Å². The number of guanidine groups is 1. The molecule has 4 unspecified atom stereocenters. The van der Waals surface area contributed by atoms with Crippen LogP contribution in [0.4, 0.5) is 0 Å². The SMILES string of the molecule is CC(C)C(N)C(=O)N1CCCC1C(=O)NC(CCCN=C(N)N)C(=O)NC(Cc1cnc[nH]1)C(=O)O. The fourth-order valence-electron chi connectivity index (χ4n) is 3.91. The first kappa shape index (κ1) is 28.6. The normalized spacial score (nSPS) is 17.8. The number of aliphatic imine (C=N–C) groups is 1. The number of rotatable bonds is 13. The van der Waals surface area contributed by atoms with Gasteiger partial charge in [-0.1, -0.05) is 13.8 Å². The maximum absolute atomic E-state index is 13.2. The number of aliphatic carboxylic acids is 1. The summed E-state index contributed by atoms with van der Waals surface area (Å²) in [6.07, 6.45) is 4.40. The molecule has 0 aliphatic carbocycles. The fourth-order valence-corrected chi connectivity index (χ4v) is 3.91. The van der Waals surface area contributed by atoms with Gasteiger partial charge in [0.2, 0.25) is 17.7 Å². The lowest BCUT2D eigenvalue weighted by Crippen LogP contribution is -2.57. The Kier molecular flexibility index (Phi) is 10.6. The summed E-state index contributed by atoms with van der Waals surface area (Å²) in [5.74, 6) is -2.93. The first-order valence-corrected chi connectivity index (χ1v) is 11.9. The quantitative estimate of drug-likeness (QED) is 0.0889. The van der Waals surface area contributed by atoms with Crippen molar-refractivity contribution in [3.05, 3.63) is 18.2 Å². The smallest absolute Gasteiger partial charge is 0.326 e. The zero-order chi connectivity index (χ0) is 26.8. The lowest BCUT2D eigenvalue weighted by atomic mass is 10.0. The number of likely N-dealkylation sites (tertiary alicyclic amines) is 1. The number of nitrogens with one attached hydrogen (secondary N) is 3. The lowest BCUT2D eigenvalue weighted by Gasteiger charge is -2.29. The minimum Gasteiger partial charge on any atom is -0.480 e. The molecule has 200 valence electrons. The van der Waals surface area contributed by atoms with Crippen LogP contribution < -0.4 is 27.8 Å². The van der Waals surface area contributed by atoms with E-state index in [9.17, 15) is 24.3 Å². The van der Waals surface area contributed by atoms with Gasteiger partial charge in [-0.25, -0.2) is 9.78 Å². The van der Waals surface area contributed by atoms with Crippen molar-refractivity contribution in [2.45, 2.75) is 70.1 Å². The molecular weight excluding hydrogens is 470 g/mol. The number of nitrogens with zero attached hydrogens (tertiary/aromatic N) is 3. The van der Waals surface area contributed by atoms with Crippen LogP contribution >= 0.6 is 0 Å². The number of nitrogens with two attached hydrogens (primary N) is 3.